The van der Waals surface area contributed by atoms with Gasteiger partial charge in [0, 0.05) is 34.7 Å². The van der Waals surface area contributed by atoms with Crippen LogP contribution in [-0.2, 0) is 0 Å². The van der Waals surface area contributed by atoms with Crippen LogP contribution in [0, 0.1) is 0 Å². The van der Waals surface area contributed by atoms with Crippen LogP contribution in [0.25, 0.3) is 17.1 Å². The number of nitrogens with two attached hydrogens (primary N) is 1. The predicted molar refractivity (Wildman–Crippen MR) is 120 cm³/mol. The van der Waals surface area contributed by atoms with Crippen LogP contribution >= 0.6 is 23.2 Å². The molecular formula is C21H17Cl2N5O3. The highest BCUT2D eigenvalue weighted by atomic mass is 35.5. The second-order valence-corrected chi connectivity index (χ2v) is 8.31. The van der Waals surface area contributed by atoms with Gasteiger partial charge in [-0.25, -0.2) is 9.98 Å². The summed E-state index contributed by atoms with van der Waals surface area (Å²) in [5, 5.41) is 4.05. The normalized spacial score (nSPS) is 19.4. The molecule has 1 atom stereocenters. The number of rotatable bonds is 1. The summed E-state index contributed by atoms with van der Waals surface area (Å²) >= 11 is 12.5. The molecule has 0 bridgehead atoms. The summed E-state index contributed by atoms with van der Waals surface area (Å²) in [6.45, 7) is 1.51. The minimum atomic E-state index is -0.447. The average molecular weight is 458 g/mol. The zero-order valence-electron chi connectivity index (χ0n) is 16.2. The van der Waals surface area contributed by atoms with E-state index in [1.54, 1.807) is 6.07 Å². The highest BCUT2D eigenvalue weighted by Gasteiger charge is 2.30. The van der Waals surface area contributed by atoms with E-state index < -0.39 is 6.17 Å². The molecule has 0 aliphatic carbocycles. The van der Waals surface area contributed by atoms with E-state index in [-0.39, 0.29) is 5.96 Å². The summed E-state index contributed by atoms with van der Waals surface area (Å²) in [4.78, 5) is 9.34. The molecule has 158 valence electrons. The summed E-state index contributed by atoms with van der Waals surface area (Å²) in [6.07, 6.45) is 2.37. The molecule has 3 aliphatic heterocycles. The van der Waals surface area contributed by atoms with Crippen LogP contribution in [0.2, 0.25) is 10.0 Å². The molecule has 6 rings (SSSR count). The second kappa shape index (κ2) is 6.96. The Morgan fingerprint density at radius 3 is 2.71 bits per heavy atom. The van der Waals surface area contributed by atoms with Crippen molar-refractivity contribution in [1.82, 2.24) is 9.55 Å². The molecular weight excluding hydrogens is 441 g/mol. The Labute approximate surface area is 187 Å². The van der Waals surface area contributed by atoms with Gasteiger partial charge in [-0.1, -0.05) is 23.2 Å². The van der Waals surface area contributed by atoms with Crippen molar-refractivity contribution in [3.8, 4) is 17.2 Å². The van der Waals surface area contributed by atoms with Crippen molar-refractivity contribution in [2.24, 2.45) is 10.7 Å². The molecule has 0 fully saturated rings. The van der Waals surface area contributed by atoms with Crippen LogP contribution in [-0.4, -0.2) is 35.3 Å². The molecule has 0 amide bonds. The molecule has 0 saturated heterocycles. The number of ether oxygens (including phenoxy) is 3. The van der Waals surface area contributed by atoms with Gasteiger partial charge < -0.3 is 19.9 Å². The molecule has 3 N–H and O–H groups in total. The van der Waals surface area contributed by atoms with Gasteiger partial charge >= 0.3 is 0 Å². The number of hydrogen-bond donors (Lipinski definition) is 2. The number of nitrogens with one attached hydrogen (secondary N) is 1. The molecule has 0 saturated carbocycles. The lowest BCUT2D eigenvalue weighted by molar-refractivity contribution is 0.297. The number of hydrogen-bond acceptors (Lipinski definition) is 7. The van der Waals surface area contributed by atoms with Crippen LogP contribution in [0.1, 0.15) is 18.2 Å². The van der Waals surface area contributed by atoms with Gasteiger partial charge in [-0.05, 0) is 18.2 Å². The molecule has 1 unspecified atom stereocenters. The Bertz CT molecular complexity index is 1300. The molecule has 2 aromatic carbocycles. The Hall–Kier alpha value is -3.10. The van der Waals surface area contributed by atoms with Gasteiger partial charge in [0.1, 0.15) is 12.4 Å². The zero-order valence-corrected chi connectivity index (χ0v) is 17.7. The lowest BCUT2D eigenvalue weighted by atomic mass is 10.0. The van der Waals surface area contributed by atoms with E-state index in [4.69, 9.17) is 48.1 Å². The summed E-state index contributed by atoms with van der Waals surface area (Å²) in [6, 6.07) is 7.30. The molecule has 8 nitrogen and oxygen atoms in total. The number of guanidine groups is 1. The van der Waals surface area contributed by atoms with E-state index in [9.17, 15) is 0 Å². The van der Waals surface area contributed by atoms with Crippen LogP contribution in [0.5, 0.6) is 17.2 Å². The number of imidazole rings is 1. The fourth-order valence-corrected chi connectivity index (χ4v) is 4.62. The van der Waals surface area contributed by atoms with E-state index >= 15 is 0 Å². The topological polar surface area (TPSA) is 95.9 Å². The summed E-state index contributed by atoms with van der Waals surface area (Å²) in [5.74, 6) is 2.84. The van der Waals surface area contributed by atoms with Gasteiger partial charge in [0.2, 0.25) is 5.95 Å². The van der Waals surface area contributed by atoms with E-state index in [0.29, 0.717) is 53.1 Å². The van der Waals surface area contributed by atoms with Crippen molar-refractivity contribution in [3.05, 3.63) is 45.4 Å². The van der Waals surface area contributed by atoms with Crippen molar-refractivity contribution < 1.29 is 14.2 Å². The lowest BCUT2D eigenvalue weighted by Crippen LogP contribution is -2.32. The Balaban J connectivity index is 1.51. The quantitative estimate of drug-likeness (QED) is 0.567. The zero-order chi connectivity index (χ0) is 21.1. The molecule has 31 heavy (non-hydrogen) atoms. The third kappa shape index (κ3) is 3.05. The number of halogens is 2. The van der Waals surface area contributed by atoms with Crippen LogP contribution in [0.15, 0.2) is 34.8 Å². The monoisotopic (exact) mass is 457 g/mol. The first-order chi connectivity index (χ1) is 15.1. The molecule has 0 spiro atoms. The van der Waals surface area contributed by atoms with Gasteiger partial charge in [-0.15, -0.1) is 0 Å². The van der Waals surface area contributed by atoms with Gasteiger partial charge in [0.25, 0.3) is 0 Å². The van der Waals surface area contributed by atoms with Gasteiger partial charge in [-0.2, -0.15) is 0 Å². The third-order valence-electron chi connectivity index (χ3n) is 5.40. The molecule has 1 aromatic heterocycles. The van der Waals surface area contributed by atoms with E-state index in [0.717, 1.165) is 28.6 Å². The lowest BCUT2D eigenvalue weighted by Gasteiger charge is -2.28. The maximum atomic E-state index is 6.29. The van der Waals surface area contributed by atoms with E-state index in [1.165, 1.54) is 0 Å². The molecule has 3 aromatic rings. The first-order valence-electron chi connectivity index (χ1n) is 9.81. The number of aromatic nitrogens is 2. The molecule has 3 aliphatic rings. The van der Waals surface area contributed by atoms with Crippen LogP contribution < -0.4 is 25.3 Å². The van der Waals surface area contributed by atoms with Crippen molar-refractivity contribution in [2.75, 3.05) is 25.1 Å². The number of benzene rings is 2. The van der Waals surface area contributed by atoms with Crippen molar-refractivity contribution in [2.45, 2.75) is 12.6 Å². The fraction of sp³-hybridized carbons (Fsp3) is 0.238. The van der Waals surface area contributed by atoms with Crippen molar-refractivity contribution in [3.63, 3.8) is 0 Å². The van der Waals surface area contributed by atoms with Crippen LogP contribution in [0.4, 0.5) is 5.95 Å². The maximum absolute atomic E-state index is 6.29. The van der Waals surface area contributed by atoms with Crippen molar-refractivity contribution in [1.29, 1.82) is 0 Å². The van der Waals surface area contributed by atoms with Gasteiger partial charge in [-0.3, -0.25) is 9.88 Å². The number of nitrogens with zero attached hydrogens (tertiary/aromatic N) is 3. The fourth-order valence-electron chi connectivity index (χ4n) is 4.06. The summed E-state index contributed by atoms with van der Waals surface area (Å²) < 4.78 is 19.6. The largest absolute Gasteiger partial charge is 0.489 e. The van der Waals surface area contributed by atoms with E-state index in [2.05, 4.69) is 10.3 Å². The molecule has 10 heteroatoms. The molecule has 4 heterocycles. The summed E-state index contributed by atoms with van der Waals surface area (Å²) in [7, 11) is 0. The minimum Gasteiger partial charge on any atom is -0.489 e. The Morgan fingerprint density at radius 2 is 1.87 bits per heavy atom. The number of fused-ring (bicyclic) bond motifs is 5. The highest BCUT2D eigenvalue weighted by molar-refractivity contribution is 6.36. The Morgan fingerprint density at radius 1 is 1.06 bits per heavy atom. The second-order valence-electron chi connectivity index (χ2n) is 7.47. The summed E-state index contributed by atoms with van der Waals surface area (Å²) in [5.41, 5.74) is 9.37. The smallest absolute Gasteiger partial charge is 0.212 e. The van der Waals surface area contributed by atoms with Crippen molar-refractivity contribution >= 4 is 52.2 Å². The van der Waals surface area contributed by atoms with Gasteiger partial charge in [0.05, 0.1) is 29.3 Å². The first kappa shape index (κ1) is 18.7. The standard InChI is InChI=1S/C21H17Cl2N5O3/c22-12-5-10-4-11(9-31-18(10)13(23)6-12)19-26-20(24)27-21-25-14-7-16-17(8-15(14)28(19)21)30-3-1-2-29-16/h4-8,19H,1-3,9H2,(H3,24,25,26,27). The van der Waals surface area contributed by atoms with Gasteiger partial charge in [0.15, 0.2) is 23.6 Å². The van der Waals surface area contributed by atoms with E-state index in [1.807, 2.05) is 28.8 Å². The third-order valence-corrected chi connectivity index (χ3v) is 5.90. The predicted octanol–water partition coefficient (Wildman–Crippen LogP) is 4.22. The minimum absolute atomic E-state index is 0.276. The number of anilines is 1. The maximum Gasteiger partial charge on any atom is 0.212 e. The number of aliphatic imine (C=N–C) groups is 1. The highest BCUT2D eigenvalue weighted by Crippen LogP contribution is 2.42. The average Bonchev–Trinajstić information content (AvgIpc) is 2.92. The Kier molecular flexibility index (Phi) is 4.19. The first-order valence-corrected chi connectivity index (χ1v) is 10.6. The molecule has 0 radical (unpaired) electrons. The SMILES string of the molecule is NC1=NC(C2=Cc3cc(Cl)cc(Cl)c3OC2)n2c(nc3cc4c(cc32)OCCCO4)N1. The van der Waals surface area contributed by atoms with Crippen LogP contribution in [0.3, 0.4) is 0 Å².